The number of carboxylic acids is 1. The topological polar surface area (TPSA) is 108 Å². The molecule has 0 atom stereocenters. The summed E-state index contributed by atoms with van der Waals surface area (Å²) in [5.74, 6) is -0.318. The molecule has 8 nitrogen and oxygen atoms in total. The first kappa shape index (κ1) is 19.7. The summed E-state index contributed by atoms with van der Waals surface area (Å²) in [6.45, 7) is 3.56. The standard InChI is InChI=1S/C21H20N6O2S/c1-2-11-27(21-22-12-18(30-21)20(28)29)13-14-7-9-15(10-8-14)16-5-3-4-6-17(16)19-23-25-26-24-19/h3-10,12H,2,11,13H2,1H3,(H,28,29)(H,23,24,25,26). The maximum absolute atomic E-state index is 11.2. The molecule has 0 amide bonds. The van der Waals surface area contributed by atoms with Crippen LogP contribution in [0.25, 0.3) is 22.5 Å². The second kappa shape index (κ2) is 8.83. The molecule has 30 heavy (non-hydrogen) atoms. The molecule has 0 spiro atoms. The van der Waals surface area contributed by atoms with Crippen LogP contribution in [0.1, 0.15) is 28.6 Å². The van der Waals surface area contributed by atoms with E-state index in [1.165, 1.54) is 17.5 Å². The number of nitrogens with zero attached hydrogens (tertiary/aromatic N) is 5. The minimum atomic E-state index is -0.944. The fraction of sp³-hybridized carbons (Fsp3) is 0.190. The number of anilines is 1. The van der Waals surface area contributed by atoms with Crippen molar-refractivity contribution in [3.63, 3.8) is 0 Å². The molecule has 0 aliphatic carbocycles. The molecule has 2 aromatic carbocycles. The molecule has 9 heteroatoms. The van der Waals surface area contributed by atoms with E-state index in [-0.39, 0.29) is 4.88 Å². The second-order valence-corrected chi connectivity index (χ2v) is 7.74. The number of rotatable bonds is 8. The van der Waals surface area contributed by atoms with Gasteiger partial charge >= 0.3 is 5.97 Å². The summed E-state index contributed by atoms with van der Waals surface area (Å²) >= 11 is 1.20. The third kappa shape index (κ3) is 4.20. The highest BCUT2D eigenvalue weighted by Gasteiger charge is 2.15. The molecule has 2 N–H and O–H groups in total. The Labute approximate surface area is 177 Å². The van der Waals surface area contributed by atoms with E-state index in [1.54, 1.807) is 0 Å². The molecule has 4 aromatic rings. The van der Waals surface area contributed by atoms with Crippen molar-refractivity contribution in [1.29, 1.82) is 0 Å². The Hall–Kier alpha value is -3.59. The second-order valence-electron chi connectivity index (χ2n) is 6.73. The number of hydrogen-bond donors (Lipinski definition) is 2. The van der Waals surface area contributed by atoms with Gasteiger partial charge in [-0.25, -0.2) is 14.9 Å². The van der Waals surface area contributed by atoms with Gasteiger partial charge in [-0.1, -0.05) is 66.8 Å². The summed E-state index contributed by atoms with van der Waals surface area (Å²) in [6.07, 6.45) is 2.36. The van der Waals surface area contributed by atoms with Crippen molar-refractivity contribution in [2.24, 2.45) is 0 Å². The molecule has 0 saturated carbocycles. The normalized spacial score (nSPS) is 10.8. The number of thiazole rings is 1. The molecule has 0 radical (unpaired) electrons. The lowest BCUT2D eigenvalue weighted by Gasteiger charge is -2.21. The maximum atomic E-state index is 11.2. The molecule has 2 heterocycles. The minimum absolute atomic E-state index is 0.250. The van der Waals surface area contributed by atoms with Gasteiger partial charge in [0, 0.05) is 18.7 Å². The average molecular weight is 420 g/mol. The van der Waals surface area contributed by atoms with Crippen LogP contribution in [0.2, 0.25) is 0 Å². The molecular formula is C21H20N6O2S. The molecule has 0 saturated heterocycles. The van der Waals surface area contributed by atoms with Crippen molar-refractivity contribution >= 4 is 22.4 Å². The number of aromatic carboxylic acids is 1. The van der Waals surface area contributed by atoms with Gasteiger partial charge in [-0.2, -0.15) is 0 Å². The Bertz CT molecular complexity index is 1120. The van der Waals surface area contributed by atoms with Gasteiger partial charge in [0.25, 0.3) is 0 Å². The van der Waals surface area contributed by atoms with Crippen LogP contribution in [0, 0.1) is 0 Å². The van der Waals surface area contributed by atoms with Crippen molar-refractivity contribution in [1.82, 2.24) is 25.6 Å². The van der Waals surface area contributed by atoms with E-state index in [1.807, 2.05) is 24.3 Å². The van der Waals surface area contributed by atoms with Crippen LogP contribution >= 0.6 is 11.3 Å². The molecule has 152 valence electrons. The zero-order valence-electron chi connectivity index (χ0n) is 16.3. The molecule has 0 aliphatic rings. The van der Waals surface area contributed by atoms with E-state index in [0.29, 0.717) is 12.4 Å². The van der Waals surface area contributed by atoms with Crippen LogP contribution in [-0.2, 0) is 6.54 Å². The first-order valence-corrected chi connectivity index (χ1v) is 10.3. The van der Waals surface area contributed by atoms with Crippen LogP contribution in [-0.4, -0.2) is 43.2 Å². The highest BCUT2D eigenvalue weighted by Crippen LogP contribution is 2.30. The SMILES string of the molecule is CCCN(Cc1ccc(-c2ccccc2-c2nnn[nH]2)cc1)c1ncc(C(=O)O)s1. The number of aromatic nitrogens is 5. The van der Waals surface area contributed by atoms with Gasteiger partial charge in [-0.3, -0.25) is 0 Å². The van der Waals surface area contributed by atoms with E-state index in [4.69, 9.17) is 5.11 Å². The lowest BCUT2D eigenvalue weighted by molar-refractivity contribution is 0.0702. The number of hydrogen-bond acceptors (Lipinski definition) is 7. The van der Waals surface area contributed by atoms with Crippen molar-refractivity contribution in [2.45, 2.75) is 19.9 Å². The fourth-order valence-corrected chi connectivity index (χ4v) is 4.03. The Balaban J connectivity index is 1.57. The van der Waals surface area contributed by atoms with Crippen LogP contribution in [0.15, 0.2) is 54.7 Å². The molecule has 0 fully saturated rings. The summed E-state index contributed by atoms with van der Waals surface area (Å²) < 4.78 is 0. The van der Waals surface area contributed by atoms with E-state index >= 15 is 0 Å². The van der Waals surface area contributed by atoms with E-state index in [2.05, 4.69) is 61.7 Å². The van der Waals surface area contributed by atoms with Gasteiger partial charge < -0.3 is 10.0 Å². The maximum Gasteiger partial charge on any atom is 0.347 e. The molecular weight excluding hydrogens is 400 g/mol. The van der Waals surface area contributed by atoms with Crippen LogP contribution in [0.4, 0.5) is 5.13 Å². The summed E-state index contributed by atoms with van der Waals surface area (Å²) in [4.78, 5) is 17.8. The van der Waals surface area contributed by atoms with Crippen molar-refractivity contribution in [3.05, 3.63) is 65.2 Å². The van der Waals surface area contributed by atoms with Crippen LogP contribution in [0.5, 0.6) is 0 Å². The van der Waals surface area contributed by atoms with Gasteiger partial charge in [0.2, 0.25) is 0 Å². The number of aromatic amines is 1. The Morgan fingerprint density at radius 2 is 1.90 bits per heavy atom. The molecule has 0 aliphatic heterocycles. The van der Waals surface area contributed by atoms with Gasteiger partial charge in [-0.05, 0) is 33.5 Å². The number of nitrogens with one attached hydrogen (secondary N) is 1. The Morgan fingerprint density at radius 3 is 2.53 bits per heavy atom. The highest BCUT2D eigenvalue weighted by atomic mass is 32.1. The van der Waals surface area contributed by atoms with Gasteiger partial charge in [0.05, 0.1) is 6.20 Å². The number of carboxylic acid groups (broad SMARTS) is 1. The zero-order chi connectivity index (χ0) is 20.9. The van der Waals surface area contributed by atoms with Gasteiger partial charge in [-0.15, -0.1) is 5.10 Å². The van der Waals surface area contributed by atoms with Crippen LogP contribution < -0.4 is 4.90 Å². The Kier molecular flexibility index (Phi) is 5.80. The van der Waals surface area contributed by atoms with Crippen molar-refractivity contribution in [2.75, 3.05) is 11.4 Å². The summed E-state index contributed by atoms with van der Waals surface area (Å²) in [6, 6.07) is 16.3. The lowest BCUT2D eigenvalue weighted by Crippen LogP contribution is -2.23. The first-order chi connectivity index (χ1) is 14.7. The Morgan fingerprint density at radius 1 is 1.13 bits per heavy atom. The van der Waals surface area contributed by atoms with E-state index in [9.17, 15) is 4.79 Å². The zero-order valence-corrected chi connectivity index (χ0v) is 17.1. The van der Waals surface area contributed by atoms with Crippen LogP contribution in [0.3, 0.4) is 0 Å². The van der Waals surface area contributed by atoms with E-state index in [0.717, 1.165) is 40.4 Å². The number of H-pyrrole nitrogens is 1. The molecule has 4 rings (SSSR count). The van der Waals surface area contributed by atoms with Crippen molar-refractivity contribution < 1.29 is 9.90 Å². The molecule has 0 bridgehead atoms. The van der Waals surface area contributed by atoms with Gasteiger partial charge in [0.15, 0.2) is 11.0 Å². The summed E-state index contributed by atoms with van der Waals surface area (Å²) in [5.41, 5.74) is 4.17. The largest absolute Gasteiger partial charge is 0.477 e. The number of tetrazole rings is 1. The number of carbonyl (C=O) groups is 1. The summed E-state index contributed by atoms with van der Waals surface area (Å²) in [5, 5.41) is 24.1. The average Bonchev–Trinajstić information content (AvgIpc) is 3.46. The van der Waals surface area contributed by atoms with Crippen molar-refractivity contribution in [3.8, 4) is 22.5 Å². The predicted molar refractivity (Wildman–Crippen MR) is 115 cm³/mol. The first-order valence-electron chi connectivity index (χ1n) is 9.52. The van der Waals surface area contributed by atoms with E-state index < -0.39 is 5.97 Å². The lowest BCUT2D eigenvalue weighted by atomic mass is 9.98. The molecule has 0 unspecified atom stereocenters. The minimum Gasteiger partial charge on any atom is -0.477 e. The summed E-state index contributed by atoms with van der Waals surface area (Å²) in [7, 11) is 0. The predicted octanol–water partition coefficient (Wildman–Crippen LogP) is 4.11. The fourth-order valence-electron chi connectivity index (χ4n) is 3.25. The quantitative estimate of drug-likeness (QED) is 0.442. The number of benzene rings is 2. The monoisotopic (exact) mass is 420 g/mol. The molecule has 2 aromatic heterocycles. The third-order valence-corrected chi connectivity index (χ3v) is 5.68. The smallest absolute Gasteiger partial charge is 0.347 e. The highest BCUT2D eigenvalue weighted by molar-refractivity contribution is 7.17. The third-order valence-electron chi connectivity index (χ3n) is 4.63. The van der Waals surface area contributed by atoms with Gasteiger partial charge in [0.1, 0.15) is 4.88 Å².